The third-order valence-corrected chi connectivity index (χ3v) is 3.75. The van der Waals surface area contributed by atoms with Gasteiger partial charge in [0.2, 0.25) is 0 Å². The largest absolute Gasteiger partial charge is 0.383 e. The van der Waals surface area contributed by atoms with Crippen molar-refractivity contribution in [2.24, 2.45) is 0 Å². The highest BCUT2D eigenvalue weighted by atomic mass is 16.5. The van der Waals surface area contributed by atoms with Gasteiger partial charge < -0.3 is 10.1 Å². The lowest BCUT2D eigenvalue weighted by molar-refractivity contribution is 0.135. The Balaban J connectivity index is 1.96. The van der Waals surface area contributed by atoms with Crippen LogP contribution in [0.15, 0.2) is 6.33 Å². The summed E-state index contributed by atoms with van der Waals surface area (Å²) in [6.07, 6.45) is 4.20. The molecule has 1 fully saturated rings. The molecule has 6 heteroatoms. The highest BCUT2D eigenvalue weighted by Crippen LogP contribution is 2.11. The first-order valence-corrected chi connectivity index (χ1v) is 7.53. The van der Waals surface area contributed by atoms with E-state index >= 15 is 0 Å². The van der Waals surface area contributed by atoms with Crippen LogP contribution in [0, 0.1) is 0 Å². The number of rotatable bonds is 8. The molecule has 6 nitrogen and oxygen atoms in total. The van der Waals surface area contributed by atoms with E-state index in [1.807, 2.05) is 4.68 Å². The Labute approximate surface area is 121 Å². The molecule has 1 aromatic rings. The zero-order valence-corrected chi connectivity index (χ0v) is 12.9. The standard InChI is InChI=1S/C14H27N5O/c1-12(2)19-14(16-11-17-19)10-18(7-8-20-3)9-13-5-4-6-15-13/h11-13,15H,4-10H2,1-3H3. The van der Waals surface area contributed by atoms with Crippen LogP contribution in [0.2, 0.25) is 0 Å². The van der Waals surface area contributed by atoms with Crippen LogP contribution in [0.4, 0.5) is 0 Å². The average Bonchev–Trinajstić information content (AvgIpc) is 3.07. The molecule has 0 spiro atoms. The molecule has 1 N–H and O–H groups in total. The first-order valence-electron chi connectivity index (χ1n) is 7.53. The van der Waals surface area contributed by atoms with E-state index in [-0.39, 0.29) is 0 Å². The molecular weight excluding hydrogens is 254 g/mol. The zero-order chi connectivity index (χ0) is 14.4. The predicted molar refractivity (Wildman–Crippen MR) is 78.6 cm³/mol. The van der Waals surface area contributed by atoms with E-state index in [0.29, 0.717) is 12.1 Å². The molecule has 0 saturated carbocycles. The highest BCUT2D eigenvalue weighted by molar-refractivity contribution is 4.88. The molecule has 1 atom stereocenters. The van der Waals surface area contributed by atoms with E-state index in [1.165, 1.54) is 12.8 Å². The van der Waals surface area contributed by atoms with Crippen molar-refractivity contribution in [3.05, 3.63) is 12.2 Å². The molecular formula is C14H27N5O. The highest BCUT2D eigenvalue weighted by Gasteiger charge is 2.19. The summed E-state index contributed by atoms with van der Waals surface area (Å²) >= 11 is 0. The molecule has 0 amide bonds. The molecule has 0 aromatic carbocycles. The van der Waals surface area contributed by atoms with E-state index in [2.05, 4.69) is 34.1 Å². The molecule has 20 heavy (non-hydrogen) atoms. The number of ether oxygens (including phenoxy) is 1. The number of hydrogen-bond donors (Lipinski definition) is 1. The minimum absolute atomic E-state index is 0.349. The number of methoxy groups -OCH3 is 1. The van der Waals surface area contributed by atoms with Gasteiger partial charge >= 0.3 is 0 Å². The van der Waals surface area contributed by atoms with E-state index < -0.39 is 0 Å². The lowest BCUT2D eigenvalue weighted by Gasteiger charge is -2.25. The second-order valence-electron chi connectivity index (χ2n) is 5.74. The molecule has 0 radical (unpaired) electrons. The van der Waals surface area contributed by atoms with Gasteiger partial charge in [-0.25, -0.2) is 9.67 Å². The molecule has 2 heterocycles. The molecule has 0 aliphatic carbocycles. The Morgan fingerprint density at radius 2 is 2.40 bits per heavy atom. The number of hydrogen-bond acceptors (Lipinski definition) is 5. The Kier molecular flexibility index (Phi) is 5.94. The van der Waals surface area contributed by atoms with Crippen LogP contribution in [0.1, 0.15) is 38.6 Å². The maximum Gasteiger partial charge on any atom is 0.141 e. The quantitative estimate of drug-likeness (QED) is 0.772. The van der Waals surface area contributed by atoms with Gasteiger partial charge in [0.25, 0.3) is 0 Å². The fourth-order valence-corrected chi connectivity index (χ4v) is 2.70. The van der Waals surface area contributed by atoms with Crippen LogP contribution in [-0.2, 0) is 11.3 Å². The maximum absolute atomic E-state index is 5.23. The lowest BCUT2D eigenvalue weighted by Crippen LogP contribution is -2.39. The van der Waals surface area contributed by atoms with Gasteiger partial charge in [-0.2, -0.15) is 5.10 Å². The first kappa shape index (κ1) is 15.4. The Morgan fingerprint density at radius 3 is 3.05 bits per heavy atom. The van der Waals surface area contributed by atoms with E-state index in [4.69, 9.17) is 4.74 Å². The average molecular weight is 281 g/mol. The Hall–Kier alpha value is -0.980. The van der Waals surface area contributed by atoms with Gasteiger partial charge in [0.1, 0.15) is 12.2 Å². The van der Waals surface area contributed by atoms with Crippen molar-refractivity contribution in [2.75, 3.05) is 33.4 Å². The van der Waals surface area contributed by atoms with Crippen molar-refractivity contribution in [3.63, 3.8) is 0 Å². The van der Waals surface area contributed by atoms with Gasteiger partial charge in [-0.05, 0) is 33.2 Å². The van der Waals surface area contributed by atoms with Gasteiger partial charge in [0, 0.05) is 32.3 Å². The van der Waals surface area contributed by atoms with Gasteiger partial charge in [-0.3, -0.25) is 4.90 Å². The number of nitrogens with one attached hydrogen (secondary N) is 1. The lowest BCUT2D eigenvalue weighted by atomic mass is 10.2. The molecule has 1 saturated heterocycles. The summed E-state index contributed by atoms with van der Waals surface area (Å²) in [6, 6.07) is 0.948. The second kappa shape index (κ2) is 7.71. The van der Waals surface area contributed by atoms with Crippen LogP contribution in [0.5, 0.6) is 0 Å². The summed E-state index contributed by atoms with van der Waals surface area (Å²) in [5.74, 6) is 1.04. The topological polar surface area (TPSA) is 55.2 Å². The maximum atomic E-state index is 5.23. The smallest absolute Gasteiger partial charge is 0.141 e. The molecule has 2 rings (SSSR count). The number of aromatic nitrogens is 3. The van der Waals surface area contributed by atoms with Crippen LogP contribution in [-0.4, -0.2) is 59.1 Å². The van der Waals surface area contributed by atoms with E-state index in [9.17, 15) is 0 Å². The SMILES string of the molecule is COCCN(Cc1ncnn1C(C)C)CC1CCCN1. The van der Waals surface area contributed by atoms with Gasteiger partial charge in [0.05, 0.1) is 13.2 Å². The summed E-state index contributed by atoms with van der Waals surface area (Å²) in [6.45, 7) is 8.98. The molecule has 114 valence electrons. The molecule has 0 bridgehead atoms. The van der Waals surface area contributed by atoms with E-state index in [1.54, 1.807) is 13.4 Å². The summed E-state index contributed by atoms with van der Waals surface area (Å²) in [4.78, 5) is 6.82. The summed E-state index contributed by atoms with van der Waals surface area (Å²) in [7, 11) is 1.75. The van der Waals surface area contributed by atoms with Gasteiger partial charge in [-0.1, -0.05) is 0 Å². The second-order valence-corrected chi connectivity index (χ2v) is 5.74. The molecule has 1 unspecified atom stereocenters. The summed E-state index contributed by atoms with van der Waals surface area (Å²) in [5.41, 5.74) is 0. The van der Waals surface area contributed by atoms with Gasteiger partial charge in [-0.15, -0.1) is 0 Å². The van der Waals surface area contributed by atoms with Crippen molar-refractivity contribution >= 4 is 0 Å². The zero-order valence-electron chi connectivity index (χ0n) is 12.9. The third kappa shape index (κ3) is 4.26. The third-order valence-electron chi connectivity index (χ3n) is 3.75. The Bertz CT molecular complexity index is 387. The van der Waals surface area contributed by atoms with Crippen molar-refractivity contribution in [1.82, 2.24) is 25.0 Å². The first-order chi connectivity index (χ1) is 9.70. The fourth-order valence-electron chi connectivity index (χ4n) is 2.70. The predicted octanol–water partition coefficient (Wildman–Crippen LogP) is 1.06. The van der Waals surface area contributed by atoms with Crippen LogP contribution >= 0.6 is 0 Å². The molecule has 1 aromatic heterocycles. The summed E-state index contributed by atoms with van der Waals surface area (Å²) in [5, 5.41) is 7.87. The van der Waals surface area contributed by atoms with Crippen LogP contribution < -0.4 is 5.32 Å². The van der Waals surface area contributed by atoms with Crippen molar-refractivity contribution in [1.29, 1.82) is 0 Å². The van der Waals surface area contributed by atoms with Crippen molar-refractivity contribution in [3.8, 4) is 0 Å². The fraction of sp³-hybridized carbons (Fsp3) is 0.857. The minimum atomic E-state index is 0.349. The summed E-state index contributed by atoms with van der Waals surface area (Å²) < 4.78 is 7.23. The normalized spacial score (nSPS) is 19.4. The van der Waals surface area contributed by atoms with Crippen molar-refractivity contribution < 1.29 is 4.74 Å². The van der Waals surface area contributed by atoms with Crippen LogP contribution in [0.3, 0.4) is 0 Å². The van der Waals surface area contributed by atoms with Crippen LogP contribution in [0.25, 0.3) is 0 Å². The van der Waals surface area contributed by atoms with Crippen molar-refractivity contribution in [2.45, 2.75) is 45.3 Å². The van der Waals surface area contributed by atoms with Gasteiger partial charge in [0.15, 0.2) is 0 Å². The monoisotopic (exact) mass is 281 g/mol. The minimum Gasteiger partial charge on any atom is -0.383 e. The molecule has 1 aliphatic heterocycles. The number of nitrogens with zero attached hydrogens (tertiary/aromatic N) is 4. The Morgan fingerprint density at radius 1 is 1.55 bits per heavy atom. The van der Waals surface area contributed by atoms with E-state index in [0.717, 1.165) is 38.6 Å². The molecule has 1 aliphatic rings.